The van der Waals surface area contributed by atoms with Crippen LogP contribution in [-0.2, 0) is 4.74 Å². The Morgan fingerprint density at radius 3 is 2.62 bits per heavy atom. The molecule has 0 saturated carbocycles. The van der Waals surface area contributed by atoms with Crippen LogP contribution in [0.15, 0.2) is 36.4 Å². The van der Waals surface area contributed by atoms with Crippen LogP contribution in [-0.4, -0.2) is 43.1 Å². The van der Waals surface area contributed by atoms with E-state index in [1.807, 2.05) is 32.4 Å². The largest absolute Gasteiger partial charge is 0.491 e. The van der Waals surface area contributed by atoms with E-state index in [1.165, 1.54) is 0 Å². The van der Waals surface area contributed by atoms with Gasteiger partial charge in [-0.15, -0.1) is 0 Å². The zero-order valence-electron chi connectivity index (χ0n) is 10.7. The van der Waals surface area contributed by atoms with Gasteiger partial charge >= 0.3 is 0 Å². The van der Waals surface area contributed by atoms with Gasteiger partial charge in [-0.1, -0.05) is 6.58 Å². The number of nitrogens with zero attached hydrogens (tertiary/aromatic N) is 2. The molecule has 1 rings (SSSR count). The molecule has 1 aliphatic rings. The summed E-state index contributed by atoms with van der Waals surface area (Å²) in [5, 5.41) is 0. The van der Waals surface area contributed by atoms with Crippen molar-refractivity contribution in [2.45, 2.75) is 19.9 Å². The first-order chi connectivity index (χ1) is 7.50. The van der Waals surface area contributed by atoms with Crippen LogP contribution in [0, 0.1) is 0 Å². The van der Waals surface area contributed by atoms with Crippen molar-refractivity contribution in [3.63, 3.8) is 0 Å². The molecule has 1 heterocycles. The molecular formula is C13H22N2O. The molecule has 16 heavy (non-hydrogen) atoms. The number of likely N-dealkylation sites (N-methyl/N-ethyl adjacent to an activating group) is 1. The fourth-order valence-corrected chi connectivity index (χ4v) is 1.44. The maximum Gasteiger partial charge on any atom is 0.135 e. The lowest BCUT2D eigenvalue weighted by molar-refractivity contribution is 0.184. The molecule has 0 atom stereocenters. The van der Waals surface area contributed by atoms with Gasteiger partial charge in [0.1, 0.15) is 12.4 Å². The molecule has 0 radical (unpaired) electrons. The van der Waals surface area contributed by atoms with Crippen molar-refractivity contribution in [2.24, 2.45) is 0 Å². The zero-order valence-corrected chi connectivity index (χ0v) is 10.7. The highest BCUT2D eigenvalue weighted by Crippen LogP contribution is 2.18. The smallest absolute Gasteiger partial charge is 0.135 e. The van der Waals surface area contributed by atoms with Crippen LogP contribution in [0.3, 0.4) is 0 Å². The van der Waals surface area contributed by atoms with Gasteiger partial charge in [0.2, 0.25) is 0 Å². The standard InChI is InChI=1S/C13H22N2O/c1-11(2)15-10-13(7-6-12(15)3)16-9-8-14(4)5/h6-7,10-11H,3,8-9H2,1-2,4-5H3. The third-order valence-electron chi connectivity index (χ3n) is 2.40. The van der Waals surface area contributed by atoms with Gasteiger partial charge in [0.15, 0.2) is 0 Å². The van der Waals surface area contributed by atoms with Gasteiger partial charge in [-0.25, -0.2) is 0 Å². The van der Waals surface area contributed by atoms with E-state index in [1.54, 1.807) is 0 Å². The van der Waals surface area contributed by atoms with E-state index in [-0.39, 0.29) is 0 Å². The summed E-state index contributed by atoms with van der Waals surface area (Å²) in [6.45, 7) is 9.90. The van der Waals surface area contributed by atoms with Crippen molar-refractivity contribution in [2.75, 3.05) is 27.2 Å². The molecule has 0 aromatic heterocycles. The van der Waals surface area contributed by atoms with Gasteiger partial charge in [-0.2, -0.15) is 0 Å². The molecule has 3 nitrogen and oxygen atoms in total. The average molecular weight is 222 g/mol. The lowest BCUT2D eigenvalue weighted by atomic mass is 10.2. The number of allylic oxidation sites excluding steroid dienone is 2. The SMILES string of the molecule is C=C1C=CC(OCCN(C)C)=CN1C(C)C. The molecule has 0 N–H and O–H groups in total. The third kappa shape index (κ3) is 3.74. The maximum absolute atomic E-state index is 5.67. The van der Waals surface area contributed by atoms with Gasteiger partial charge < -0.3 is 14.5 Å². The summed E-state index contributed by atoms with van der Waals surface area (Å²) in [7, 11) is 4.08. The Labute approximate surface area is 98.7 Å². The van der Waals surface area contributed by atoms with Gasteiger partial charge in [0.25, 0.3) is 0 Å². The lowest BCUT2D eigenvalue weighted by Gasteiger charge is -2.28. The molecule has 0 aliphatic carbocycles. The monoisotopic (exact) mass is 222 g/mol. The Hall–Kier alpha value is -1.22. The Morgan fingerprint density at radius 1 is 1.38 bits per heavy atom. The molecule has 90 valence electrons. The third-order valence-corrected chi connectivity index (χ3v) is 2.40. The summed E-state index contributed by atoms with van der Waals surface area (Å²) < 4.78 is 5.67. The summed E-state index contributed by atoms with van der Waals surface area (Å²) in [5.41, 5.74) is 1.01. The number of hydrogen-bond donors (Lipinski definition) is 0. The van der Waals surface area contributed by atoms with Crippen molar-refractivity contribution >= 4 is 0 Å². The molecule has 0 unspecified atom stereocenters. The second kappa shape index (κ2) is 5.75. The van der Waals surface area contributed by atoms with E-state index in [0.29, 0.717) is 12.6 Å². The lowest BCUT2D eigenvalue weighted by Crippen LogP contribution is -2.26. The summed E-state index contributed by atoms with van der Waals surface area (Å²) >= 11 is 0. The molecule has 0 saturated heterocycles. The molecule has 0 fully saturated rings. The average Bonchev–Trinajstić information content (AvgIpc) is 2.19. The highest BCUT2D eigenvalue weighted by Gasteiger charge is 2.12. The van der Waals surface area contributed by atoms with Crippen LogP contribution in [0.4, 0.5) is 0 Å². The Bertz CT molecular complexity index is 303. The second-order valence-electron chi connectivity index (χ2n) is 4.51. The highest BCUT2D eigenvalue weighted by atomic mass is 16.5. The predicted octanol–water partition coefficient (Wildman–Crippen LogP) is 2.20. The molecule has 0 bridgehead atoms. The van der Waals surface area contributed by atoms with Crippen molar-refractivity contribution in [1.82, 2.24) is 9.80 Å². The molecule has 0 spiro atoms. The van der Waals surface area contributed by atoms with Crippen molar-refractivity contribution in [3.05, 3.63) is 36.4 Å². The Morgan fingerprint density at radius 2 is 2.06 bits per heavy atom. The zero-order chi connectivity index (χ0) is 12.1. The number of hydrogen-bond acceptors (Lipinski definition) is 3. The van der Waals surface area contributed by atoms with Crippen LogP contribution < -0.4 is 0 Å². The number of rotatable bonds is 5. The predicted molar refractivity (Wildman–Crippen MR) is 67.8 cm³/mol. The summed E-state index contributed by atoms with van der Waals surface area (Å²) in [6.07, 6.45) is 5.98. The molecule has 0 aromatic carbocycles. The summed E-state index contributed by atoms with van der Waals surface area (Å²) in [5.74, 6) is 0.906. The van der Waals surface area contributed by atoms with Gasteiger partial charge in [0, 0.05) is 24.5 Å². The fraction of sp³-hybridized carbons (Fsp3) is 0.538. The first-order valence-electron chi connectivity index (χ1n) is 5.65. The van der Waals surface area contributed by atoms with E-state index < -0.39 is 0 Å². The Balaban J connectivity index is 2.51. The summed E-state index contributed by atoms with van der Waals surface area (Å²) in [6, 6.07) is 0.407. The van der Waals surface area contributed by atoms with Crippen LogP contribution in [0.1, 0.15) is 13.8 Å². The number of ether oxygens (including phenoxy) is 1. The molecule has 0 aromatic rings. The van der Waals surface area contributed by atoms with Gasteiger partial charge in [0.05, 0.1) is 0 Å². The molecule has 0 amide bonds. The van der Waals surface area contributed by atoms with E-state index in [2.05, 4.69) is 30.2 Å². The molecule has 3 heteroatoms. The summed E-state index contributed by atoms with van der Waals surface area (Å²) in [4.78, 5) is 4.22. The maximum atomic E-state index is 5.67. The molecule has 1 aliphatic heterocycles. The topological polar surface area (TPSA) is 15.7 Å². The minimum Gasteiger partial charge on any atom is -0.491 e. The first-order valence-corrected chi connectivity index (χ1v) is 5.65. The van der Waals surface area contributed by atoms with Gasteiger partial charge in [-0.3, -0.25) is 0 Å². The van der Waals surface area contributed by atoms with Crippen LogP contribution in [0.5, 0.6) is 0 Å². The van der Waals surface area contributed by atoms with E-state index in [4.69, 9.17) is 4.74 Å². The van der Waals surface area contributed by atoms with Gasteiger partial charge in [-0.05, 0) is 40.1 Å². The molecular weight excluding hydrogens is 200 g/mol. The normalized spacial score (nSPS) is 16.0. The van der Waals surface area contributed by atoms with Crippen molar-refractivity contribution in [1.29, 1.82) is 0 Å². The van der Waals surface area contributed by atoms with Crippen LogP contribution in [0.25, 0.3) is 0 Å². The minimum absolute atomic E-state index is 0.407. The van der Waals surface area contributed by atoms with E-state index >= 15 is 0 Å². The quantitative estimate of drug-likeness (QED) is 0.709. The van der Waals surface area contributed by atoms with E-state index in [0.717, 1.165) is 18.0 Å². The van der Waals surface area contributed by atoms with Crippen LogP contribution >= 0.6 is 0 Å². The second-order valence-corrected chi connectivity index (χ2v) is 4.51. The highest BCUT2D eigenvalue weighted by molar-refractivity contribution is 5.29. The Kier molecular flexibility index (Phi) is 4.62. The minimum atomic E-state index is 0.407. The van der Waals surface area contributed by atoms with Crippen molar-refractivity contribution < 1.29 is 4.74 Å². The first kappa shape index (κ1) is 12.8. The van der Waals surface area contributed by atoms with E-state index in [9.17, 15) is 0 Å². The van der Waals surface area contributed by atoms with Crippen molar-refractivity contribution in [3.8, 4) is 0 Å². The van der Waals surface area contributed by atoms with Crippen LogP contribution in [0.2, 0.25) is 0 Å². The fourth-order valence-electron chi connectivity index (χ4n) is 1.44.